The summed E-state index contributed by atoms with van der Waals surface area (Å²) >= 11 is 1.67. The molecular weight excluding hydrogens is 246 g/mol. The summed E-state index contributed by atoms with van der Waals surface area (Å²) in [5.41, 5.74) is 6.97. The lowest BCUT2D eigenvalue weighted by molar-refractivity contribution is 0.196. The summed E-state index contributed by atoms with van der Waals surface area (Å²) in [6, 6.07) is 6.41. The Morgan fingerprint density at radius 1 is 1.56 bits per heavy atom. The summed E-state index contributed by atoms with van der Waals surface area (Å²) in [7, 11) is 0. The number of piperidine rings is 1. The molecule has 1 aliphatic heterocycles. The van der Waals surface area contributed by atoms with Crippen LogP contribution >= 0.6 is 11.3 Å². The number of rotatable bonds is 3. The third-order valence-corrected chi connectivity index (χ3v) is 4.13. The van der Waals surface area contributed by atoms with Crippen molar-refractivity contribution >= 4 is 11.3 Å². The van der Waals surface area contributed by atoms with E-state index in [0.717, 1.165) is 42.4 Å². The van der Waals surface area contributed by atoms with Gasteiger partial charge in [-0.05, 0) is 30.8 Å². The molecule has 1 unspecified atom stereocenters. The van der Waals surface area contributed by atoms with E-state index in [1.165, 1.54) is 6.42 Å². The Bertz CT molecular complexity index is 494. The van der Waals surface area contributed by atoms with Gasteiger partial charge in [-0.1, -0.05) is 11.2 Å². The van der Waals surface area contributed by atoms with Crippen molar-refractivity contribution in [3.05, 3.63) is 29.3 Å². The molecule has 3 heterocycles. The second-order valence-electron chi connectivity index (χ2n) is 4.80. The molecule has 96 valence electrons. The van der Waals surface area contributed by atoms with Crippen LogP contribution in [0.1, 0.15) is 18.5 Å². The number of nitrogens with two attached hydrogens (primary N) is 1. The number of likely N-dealkylation sites (tertiary alicyclic amines) is 1. The molecule has 0 aliphatic carbocycles. The molecule has 0 radical (unpaired) electrons. The maximum atomic E-state index is 5.98. The van der Waals surface area contributed by atoms with Crippen LogP contribution in [0.5, 0.6) is 0 Å². The van der Waals surface area contributed by atoms with Crippen molar-refractivity contribution in [3.63, 3.8) is 0 Å². The predicted octanol–water partition coefficient (Wildman–Crippen LogP) is 2.33. The lowest BCUT2D eigenvalue weighted by Gasteiger charge is -2.29. The van der Waals surface area contributed by atoms with Crippen LogP contribution in [0.3, 0.4) is 0 Å². The normalized spacial score (nSPS) is 21.3. The van der Waals surface area contributed by atoms with E-state index >= 15 is 0 Å². The van der Waals surface area contributed by atoms with Gasteiger partial charge in [-0.2, -0.15) is 0 Å². The lowest BCUT2D eigenvalue weighted by atomic mass is 10.1. The number of nitrogens with zero attached hydrogens (tertiary/aromatic N) is 2. The van der Waals surface area contributed by atoms with E-state index in [-0.39, 0.29) is 0 Å². The fourth-order valence-electron chi connectivity index (χ4n) is 2.39. The second-order valence-corrected chi connectivity index (χ2v) is 5.74. The molecule has 1 atom stereocenters. The van der Waals surface area contributed by atoms with Crippen LogP contribution in [0.25, 0.3) is 10.6 Å². The quantitative estimate of drug-likeness (QED) is 0.923. The van der Waals surface area contributed by atoms with Crippen molar-refractivity contribution in [3.8, 4) is 10.6 Å². The third kappa shape index (κ3) is 2.63. The van der Waals surface area contributed by atoms with Gasteiger partial charge in [0.1, 0.15) is 0 Å². The van der Waals surface area contributed by atoms with Gasteiger partial charge in [-0.25, -0.2) is 0 Å². The monoisotopic (exact) mass is 263 g/mol. The highest BCUT2D eigenvalue weighted by Crippen LogP contribution is 2.25. The molecule has 4 nitrogen and oxygen atoms in total. The van der Waals surface area contributed by atoms with E-state index < -0.39 is 0 Å². The Balaban J connectivity index is 1.66. The Morgan fingerprint density at radius 2 is 2.50 bits per heavy atom. The summed E-state index contributed by atoms with van der Waals surface area (Å²) in [6.45, 7) is 2.90. The average Bonchev–Trinajstić information content (AvgIpc) is 2.98. The zero-order valence-corrected chi connectivity index (χ0v) is 11.0. The topological polar surface area (TPSA) is 55.3 Å². The van der Waals surface area contributed by atoms with Gasteiger partial charge >= 0.3 is 0 Å². The largest absolute Gasteiger partial charge is 0.355 e. The highest BCUT2D eigenvalue weighted by Gasteiger charge is 2.18. The van der Waals surface area contributed by atoms with Crippen LogP contribution in [0.15, 0.2) is 28.1 Å². The van der Waals surface area contributed by atoms with Gasteiger partial charge in [0.05, 0.1) is 10.6 Å². The van der Waals surface area contributed by atoms with Crippen LogP contribution in [0.4, 0.5) is 0 Å². The standard InChI is InChI=1S/C13H17N3OS/c14-10-3-1-5-16(8-10)9-11-7-12(17-15-11)13-4-2-6-18-13/h2,4,6-7,10H,1,3,5,8-9,14H2. The van der Waals surface area contributed by atoms with Crippen molar-refractivity contribution in [2.75, 3.05) is 13.1 Å². The molecule has 0 aromatic carbocycles. The van der Waals surface area contributed by atoms with Crippen LogP contribution in [0.2, 0.25) is 0 Å². The SMILES string of the molecule is NC1CCCN(Cc2cc(-c3cccs3)on2)C1. The highest BCUT2D eigenvalue weighted by molar-refractivity contribution is 7.13. The molecular formula is C13H17N3OS. The zero-order chi connectivity index (χ0) is 12.4. The van der Waals surface area contributed by atoms with Gasteiger partial charge in [0, 0.05) is 25.2 Å². The highest BCUT2D eigenvalue weighted by atomic mass is 32.1. The van der Waals surface area contributed by atoms with Crippen molar-refractivity contribution in [2.45, 2.75) is 25.4 Å². The van der Waals surface area contributed by atoms with Crippen LogP contribution < -0.4 is 5.73 Å². The average molecular weight is 263 g/mol. The first-order chi connectivity index (χ1) is 8.81. The maximum absolute atomic E-state index is 5.98. The third-order valence-electron chi connectivity index (χ3n) is 3.25. The molecule has 0 bridgehead atoms. The van der Waals surface area contributed by atoms with Gasteiger partial charge in [-0.15, -0.1) is 11.3 Å². The Morgan fingerprint density at radius 3 is 3.28 bits per heavy atom. The zero-order valence-electron chi connectivity index (χ0n) is 10.2. The van der Waals surface area contributed by atoms with Gasteiger partial charge in [0.15, 0.2) is 5.76 Å². The molecule has 1 fully saturated rings. The number of hydrogen-bond acceptors (Lipinski definition) is 5. The first kappa shape index (κ1) is 11.9. The summed E-state index contributed by atoms with van der Waals surface area (Å²) in [5.74, 6) is 0.862. The van der Waals surface area contributed by atoms with Crippen LogP contribution in [-0.4, -0.2) is 29.2 Å². The van der Waals surface area contributed by atoms with E-state index in [0.29, 0.717) is 6.04 Å². The molecule has 5 heteroatoms. The molecule has 3 rings (SSSR count). The Hall–Kier alpha value is -1.17. The first-order valence-corrected chi connectivity index (χ1v) is 7.16. The fraction of sp³-hybridized carbons (Fsp3) is 0.462. The van der Waals surface area contributed by atoms with Gasteiger partial charge in [-0.3, -0.25) is 4.90 Å². The van der Waals surface area contributed by atoms with E-state index in [4.69, 9.17) is 10.3 Å². The summed E-state index contributed by atoms with van der Waals surface area (Å²) in [5, 5.41) is 6.18. The van der Waals surface area contributed by atoms with Crippen molar-refractivity contribution in [2.24, 2.45) is 5.73 Å². The van der Waals surface area contributed by atoms with E-state index in [9.17, 15) is 0 Å². The lowest BCUT2D eigenvalue weighted by Crippen LogP contribution is -2.42. The molecule has 2 aromatic rings. The molecule has 1 saturated heterocycles. The smallest absolute Gasteiger partial charge is 0.177 e. The molecule has 2 N–H and O–H groups in total. The first-order valence-electron chi connectivity index (χ1n) is 6.28. The van der Waals surface area contributed by atoms with E-state index in [1.807, 2.05) is 23.6 Å². The van der Waals surface area contributed by atoms with Gasteiger partial charge in [0.25, 0.3) is 0 Å². The maximum Gasteiger partial charge on any atom is 0.177 e. The summed E-state index contributed by atoms with van der Waals surface area (Å²) in [6.07, 6.45) is 2.31. The Kier molecular flexibility index (Phi) is 3.45. The number of hydrogen-bond donors (Lipinski definition) is 1. The summed E-state index contributed by atoms with van der Waals surface area (Å²) < 4.78 is 5.38. The molecule has 0 amide bonds. The van der Waals surface area contributed by atoms with Gasteiger partial charge < -0.3 is 10.3 Å². The molecule has 0 spiro atoms. The minimum absolute atomic E-state index is 0.308. The minimum Gasteiger partial charge on any atom is -0.355 e. The van der Waals surface area contributed by atoms with E-state index in [2.05, 4.69) is 10.1 Å². The predicted molar refractivity (Wildman–Crippen MR) is 72.3 cm³/mol. The molecule has 18 heavy (non-hydrogen) atoms. The summed E-state index contributed by atoms with van der Waals surface area (Å²) in [4.78, 5) is 3.48. The minimum atomic E-state index is 0.308. The van der Waals surface area contributed by atoms with Gasteiger partial charge in [0.2, 0.25) is 0 Å². The molecule has 0 saturated carbocycles. The van der Waals surface area contributed by atoms with Crippen molar-refractivity contribution in [1.29, 1.82) is 0 Å². The molecule has 2 aromatic heterocycles. The molecule has 1 aliphatic rings. The van der Waals surface area contributed by atoms with Crippen LogP contribution in [0, 0.1) is 0 Å². The number of thiophene rings is 1. The number of aromatic nitrogens is 1. The van der Waals surface area contributed by atoms with Crippen LogP contribution in [-0.2, 0) is 6.54 Å². The fourth-order valence-corrected chi connectivity index (χ4v) is 3.06. The van der Waals surface area contributed by atoms with E-state index in [1.54, 1.807) is 11.3 Å². The van der Waals surface area contributed by atoms with Crippen molar-refractivity contribution < 1.29 is 4.52 Å². The Labute approximate surface area is 110 Å². The second kappa shape index (κ2) is 5.22. The van der Waals surface area contributed by atoms with Crippen molar-refractivity contribution in [1.82, 2.24) is 10.1 Å².